The highest BCUT2D eigenvalue weighted by atomic mass is 32.1. The summed E-state index contributed by atoms with van der Waals surface area (Å²) in [5.41, 5.74) is 0.514. The molecule has 0 radical (unpaired) electrons. The van der Waals surface area contributed by atoms with Crippen molar-refractivity contribution in [2.45, 2.75) is 45.6 Å². The molecule has 1 saturated carbocycles. The Morgan fingerprint density at radius 1 is 1.32 bits per heavy atom. The van der Waals surface area contributed by atoms with Crippen LogP contribution in [-0.4, -0.2) is 31.6 Å². The van der Waals surface area contributed by atoms with E-state index in [0.717, 1.165) is 13.1 Å². The van der Waals surface area contributed by atoms with Crippen molar-refractivity contribution in [1.82, 2.24) is 10.2 Å². The van der Waals surface area contributed by atoms with Gasteiger partial charge in [-0.15, -0.1) is 11.3 Å². The van der Waals surface area contributed by atoms with Gasteiger partial charge in [-0.05, 0) is 43.3 Å². The normalized spacial score (nSPS) is 18.9. The lowest BCUT2D eigenvalue weighted by atomic mass is 9.73. The van der Waals surface area contributed by atoms with Gasteiger partial charge in [-0.2, -0.15) is 0 Å². The van der Waals surface area contributed by atoms with Gasteiger partial charge in [0.2, 0.25) is 0 Å². The summed E-state index contributed by atoms with van der Waals surface area (Å²) >= 11 is 1.87. The second-order valence-electron chi connectivity index (χ2n) is 6.09. The van der Waals surface area contributed by atoms with Crippen molar-refractivity contribution in [2.75, 3.05) is 26.7 Å². The number of hydrogen-bond acceptors (Lipinski definition) is 3. The molecule has 2 rings (SSSR count). The molecule has 1 N–H and O–H groups in total. The lowest BCUT2D eigenvalue weighted by Crippen LogP contribution is -2.44. The minimum absolute atomic E-state index is 0.514. The molecule has 108 valence electrons. The van der Waals surface area contributed by atoms with Crippen molar-refractivity contribution in [3.63, 3.8) is 0 Å². The Bertz CT molecular complexity index is 342. The molecule has 2 nitrogen and oxygen atoms in total. The molecule has 0 aliphatic heterocycles. The van der Waals surface area contributed by atoms with Crippen LogP contribution in [0.3, 0.4) is 0 Å². The summed E-state index contributed by atoms with van der Waals surface area (Å²) < 4.78 is 0. The molecule has 1 aliphatic rings. The van der Waals surface area contributed by atoms with Gasteiger partial charge in [-0.25, -0.2) is 0 Å². The number of hydrogen-bond donors (Lipinski definition) is 1. The van der Waals surface area contributed by atoms with Crippen LogP contribution >= 0.6 is 11.3 Å². The summed E-state index contributed by atoms with van der Waals surface area (Å²) in [4.78, 5) is 4.01. The van der Waals surface area contributed by atoms with Crippen molar-refractivity contribution in [2.24, 2.45) is 5.41 Å². The highest BCUT2D eigenvalue weighted by Crippen LogP contribution is 2.36. The lowest BCUT2D eigenvalue weighted by molar-refractivity contribution is 0.115. The molecule has 0 atom stereocenters. The minimum Gasteiger partial charge on any atom is -0.316 e. The standard InChI is InChI=1S/C16H28N2S/c1-3-17-13-16(9-5-4-6-10-16)14-18(2)12-15-8-7-11-19-15/h7-8,11,17H,3-6,9-10,12-14H2,1-2H3. The Balaban J connectivity index is 1.90. The lowest BCUT2D eigenvalue weighted by Gasteiger charge is -2.40. The predicted octanol–water partition coefficient (Wildman–Crippen LogP) is 3.74. The fourth-order valence-electron chi connectivity index (χ4n) is 3.38. The van der Waals surface area contributed by atoms with E-state index in [-0.39, 0.29) is 0 Å². The zero-order chi connectivity index (χ0) is 13.6. The fraction of sp³-hybridized carbons (Fsp3) is 0.750. The van der Waals surface area contributed by atoms with Crippen LogP contribution in [-0.2, 0) is 6.54 Å². The van der Waals surface area contributed by atoms with Gasteiger partial charge in [0.25, 0.3) is 0 Å². The van der Waals surface area contributed by atoms with E-state index in [2.05, 4.69) is 41.7 Å². The third-order valence-electron chi connectivity index (χ3n) is 4.28. The Labute approximate surface area is 122 Å². The van der Waals surface area contributed by atoms with Crippen LogP contribution in [0.25, 0.3) is 0 Å². The first-order valence-electron chi connectivity index (χ1n) is 7.66. The molecule has 0 amide bonds. The van der Waals surface area contributed by atoms with Crippen molar-refractivity contribution < 1.29 is 0 Å². The molecule has 0 bridgehead atoms. The second kappa shape index (κ2) is 7.41. The van der Waals surface area contributed by atoms with Crippen molar-refractivity contribution in [1.29, 1.82) is 0 Å². The van der Waals surface area contributed by atoms with E-state index in [9.17, 15) is 0 Å². The quantitative estimate of drug-likeness (QED) is 0.818. The molecule has 1 heterocycles. The Kier molecular flexibility index (Phi) is 5.86. The Morgan fingerprint density at radius 3 is 2.74 bits per heavy atom. The first-order valence-corrected chi connectivity index (χ1v) is 8.54. The molecule has 0 aromatic carbocycles. The molecular formula is C16H28N2S. The summed E-state index contributed by atoms with van der Waals surface area (Å²) in [7, 11) is 2.28. The zero-order valence-corrected chi connectivity index (χ0v) is 13.3. The average molecular weight is 280 g/mol. The smallest absolute Gasteiger partial charge is 0.0325 e. The molecule has 3 heteroatoms. The van der Waals surface area contributed by atoms with Crippen molar-refractivity contribution >= 4 is 11.3 Å². The van der Waals surface area contributed by atoms with E-state index < -0.39 is 0 Å². The number of rotatable bonds is 7. The Hall–Kier alpha value is -0.380. The molecule has 1 aromatic heterocycles. The van der Waals surface area contributed by atoms with Gasteiger partial charge in [-0.1, -0.05) is 32.3 Å². The van der Waals surface area contributed by atoms with Gasteiger partial charge >= 0.3 is 0 Å². The largest absolute Gasteiger partial charge is 0.316 e. The van der Waals surface area contributed by atoms with Gasteiger partial charge in [0.1, 0.15) is 0 Å². The van der Waals surface area contributed by atoms with Crippen LogP contribution in [0.2, 0.25) is 0 Å². The highest BCUT2D eigenvalue weighted by Gasteiger charge is 2.32. The number of thiophene rings is 1. The maximum Gasteiger partial charge on any atom is 0.0325 e. The van der Waals surface area contributed by atoms with E-state index in [0.29, 0.717) is 5.41 Å². The molecule has 19 heavy (non-hydrogen) atoms. The second-order valence-corrected chi connectivity index (χ2v) is 7.12. The van der Waals surface area contributed by atoms with E-state index in [1.165, 1.54) is 50.1 Å². The predicted molar refractivity (Wildman–Crippen MR) is 84.7 cm³/mol. The van der Waals surface area contributed by atoms with Crippen LogP contribution < -0.4 is 5.32 Å². The first-order chi connectivity index (χ1) is 9.24. The van der Waals surface area contributed by atoms with Gasteiger partial charge in [0.05, 0.1) is 0 Å². The molecule has 0 spiro atoms. The summed E-state index contributed by atoms with van der Waals surface area (Å²) in [6.45, 7) is 6.84. The van der Waals surface area contributed by atoms with Crippen LogP contribution in [0.4, 0.5) is 0 Å². The molecule has 1 fully saturated rings. The highest BCUT2D eigenvalue weighted by molar-refractivity contribution is 7.09. The Morgan fingerprint density at radius 2 is 2.11 bits per heavy atom. The first kappa shape index (κ1) is 15.0. The maximum absolute atomic E-state index is 3.60. The zero-order valence-electron chi connectivity index (χ0n) is 12.5. The maximum atomic E-state index is 3.60. The van der Waals surface area contributed by atoms with Gasteiger partial charge in [-0.3, -0.25) is 0 Å². The molecule has 0 unspecified atom stereocenters. The fourth-order valence-corrected chi connectivity index (χ4v) is 4.16. The van der Waals surface area contributed by atoms with Crippen molar-refractivity contribution in [3.8, 4) is 0 Å². The summed E-state index contributed by atoms with van der Waals surface area (Å²) in [6, 6.07) is 4.40. The van der Waals surface area contributed by atoms with Gasteiger partial charge < -0.3 is 10.2 Å². The minimum atomic E-state index is 0.514. The topological polar surface area (TPSA) is 15.3 Å². The summed E-state index contributed by atoms with van der Waals surface area (Å²) in [5, 5.41) is 5.78. The number of nitrogens with one attached hydrogen (secondary N) is 1. The van der Waals surface area contributed by atoms with Gasteiger partial charge in [0, 0.05) is 24.5 Å². The molecular weight excluding hydrogens is 252 g/mol. The molecule has 1 aliphatic carbocycles. The third kappa shape index (κ3) is 4.59. The van der Waals surface area contributed by atoms with Crippen molar-refractivity contribution in [3.05, 3.63) is 22.4 Å². The summed E-state index contributed by atoms with van der Waals surface area (Å²) in [6.07, 6.45) is 7.06. The number of nitrogens with zero attached hydrogens (tertiary/aromatic N) is 1. The molecule has 0 saturated heterocycles. The summed E-state index contributed by atoms with van der Waals surface area (Å²) in [5.74, 6) is 0. The van der Waals surface area contributed by atoms with E-state index in [4.69, 9.17) is 0 Å². The van der Waals surface area contributed by atoms with Crippen LogP contribution in [0, 0.1) is 5.41 Å². The van der Waals surface area contributed by atoms with Crippen LogP contribution in [0.5, 0.6) is 0 Å². The average Bonchev–Trinajstić information content (AvgIpc) is 2.90. The van der Waals surface area contributed by atoms with Crippen LogP contribution in [0.15, 0.2) is 17.5 Å². The van der Waals surface area contributed by atoms with Crippen LogP contribution in [0.1, 0.15) is 43.9 Å². The van der Waals surface area contributed by atoms with E-state index >= 15 is 0 Å². The third-order valence-corrected chi connectivity index (χ3v) is 5.14. The monoisotopic (exact) mass is 280 g/mol. The SMILES string of the molecule is CCNCC1(CN(C)Cc2cccs2)CCCCC1. The van der Waals surface area contributed by atoms with Gasteiger partial charge in [0.15, 0.2) is 0 Å². The molecule has 1 aromatic rings. The van der Waals surface area contributed by atoms with E-state index in [1.807, 2.05) is 11.3 Å². The van der Waals surface area contributed by atoms with E-state index in [1.54, 1.807) is 0 Å².